The molecule has 31 heavy (non-hydrogen) atoms. The Kier molecular flexibility index (Phi) is 5.75. The summed E-state index contributed by atoms with van der Waals surface area (Å²) in [6.45, 7) is 6.31. The van der Waals surface area contributed by atoms with Gasteiger partial charge in [0, 0.05) is 18.2 Å². The summed E-state index contributed by atoms with van der Waals surface area (Å²) in [5, 5.41) is 6.75. The van der Waals surface area contributed by atoms with Gasteiger partial charge in [0.1, 0.15) is 0 Å². The lowest BCUT2D eigenvalue weighted by Crippen LogP contribution is -2.37. The van der Waals surface area contributed by atoms with Crippen LogP contribution in [0.3, 0.4) is 0 Å². The van der Waals surface area contributed by atoms with Gasteiger partial charge in [0.25, 0.3) is 5.91 Å². The number of hydrogen-bond acceptors (Lipinski definition) is 5. The molecule has 2 aromatic carbocycles. The summed E-state index contributed by atoms with van der Waals surface area (Å²) >= 11 is 0. The van der Waals surface area contributed by atoms with Gasteiger partial charge in [-0.05, 0) is 61.2 Å². The summed E-state index contributed by atoms with van der Waals surface area (Å²) in [5.41, 5.74) is 4.05. The molecule has 164 valence electrons. The summed E-state index contributed by atoms with van der Waals surface area (Å²) in [4.78, 5) is 27.4. The number of ether oxygens (including phenoxy) is 1. The molecule has 2 unspecified atom stereocenters. The molecule has 0 saturated carbocycles. The zero-order chi connectivity index (χ0) is 22.2. The molecule has 2 aliphatic rings. The monoisotopic (exact) mass is 421 g/mol. The lowest BCUT2D eigenvalue weighted by atomic mass is 9.72. The second kappa shape index (κ2) is 8.35. The number of hydrogen-bond donors (Lipinski definition) is 2. The summed E-state index contributed by atoms with van der Waals surface area (Å²) < 4.78 is 4.98. The van der Waals surface area contributed by atoms with Crippen molar-refractivity contribution in [3.8, 4) is 0 Å². The Labute approximate surface area is 184 Å². The average molecular weight is 422 g/mol. The van der Waals surface area contributed by atoms with Crippen molar-refractivity contribution < 1.29 is 14.3 Å². The summed E-state index contributed by atoms with van der Waals surface area (Å²) in [6, 6.07) is 13.7. The fraction of sp³-hybridized carbons (Fsp3) is 0.440. The number of methoxy groups -OCH3 is 1. The number of likely N-dealkylation sites (tertiary alicyclic amines) is 1. The number of para-hydroxylation sites is 1. The van der Waals surface area contributed by atoms with Gasteiger partial charge in [0.15, 0.2) is 0 Å². The maximum atomic E-state index is 12.9. The lowest BCUT2D eigenvalue weighted by Gasteiger charge is -2.42. The van der Waals surface area contributed by atoms with Crippen LogP contribution < -0.4 is 10.6 Å². The van der Waals surface area contributed by atoms with Gasteiger partial charge in [-0.1, -0.05) is 38.1 Å². The van der Waals surface area contributed by atoms with E-state index in [4.69, 9.17) is 4.74 Å². The first-order valence-corrected chi connectivity index (χ1v) is 10.8. The molecular formula is C25H31N3O3. The highest BCUT2D eigenvalue weighted by Gasteiger charge is 2.37. The van der Waals surface area contributed by atoms with Crippen LogP contribution in [-0.4, -0.2) is 50.1 Å². The van der Waals surface area contributed by atoms with Crippen molar-refractivity contribution in [1.82, 2.24) is 10.2 Å². The van der Waals surface area contributed by atoms with E-state index in [-0.39, 0.29) is 29.4 Å². The number of amides is 1. The van der Waals surface area contributed by atoms with Crippen LogP contribution >= 0.6 is 0 Å². The number of likely N-dealkylation sites (N-methyl/N-ethyl adjacent to an activating group) is 1. The summed E-state index contributed by atoms with van der Waals surface area (Å²) in [7, 11) is 3.47. The number of anilines is 1. The Hall–Kier alpha value is -2.86. The highest BCUT2D eigenvalue weighted by atomic mass is 16.5. The van der Waals surface area contributed by atoms with Gasteiger partial charge in [-0.25, -0.2) is 4.79 Å². The molecule has 0 spiro atoms. The van der Waals surface area contributed by atoms with E-state index in [2.05, 4.69) is 42.5 Å². The van der Waals surface area contributed by atoms with Crippen molar-refractivity contribution in [2.75, 3.05) is 32.6 Å². The number of nitrogens with zero attached hydrogens (tertiary/aromatic N) is 1. The molecule has 2 atom stereocenters. The van der Waals surface area contributed by atoms with Gasteiger partial charge in [0.05, 0.1) is 24.4 Å². The van der Waals surface area contributed by atoms with E-state index < -0.39 is 0 Å². The van der Waals surface area contributed by atoms with E-state index in [1.165, 1.54) is 7.11 Å². The number of esters is 1. The van der Waals surface area contributed by atoms with Crippen LogP contribution in [0.25, 0.3) is 0 Å². The number of benzene rings is 2. The highest BCUT2D eigenvalue weighted by molar-refractivity contribution is 5.97. The second-order valence-corrected chi connectivity index (χ2v) is 9.42. The maximum absolute atomic E-state index is 12.9. The molecule has 0 bridgehead atoms. The Balaban J connectivity index is 1.61. The van der Waals surface area contributed by atoms with E-state index in [1.807, 2.05) is 30.3 Å². The Morgan fingerprint density at radius 3 is 2.68 bits per heavy atom. The largest absolute Gasteiger partial charge is 0.465 e. The minimum Gasteiger partial charge on any atom is -0.465 e. The minimum absolute atomic E-state index is 0.0357. The average Bonchev–Trinajstić information content (AvgIpc) is 3.16. The Morgan fingerprint density at radius 1 is 1.19 bits per heavy atom. The van der Waals surface area contributed by atoms with Crippen LogP contribution in [0, 0.1) is 5.41 Å². The van der Waals surface area contributed by atoms with Gasteiger partial charge in [0.2, 0.25) is 0 Å². The van der Waals surface area contributed by atoms with Crippen LogP contribution in [-0.2, 0) is 11.2 Å². The first kappa shape index (κ1) is 21.4. The molecule has 4 rings (SSSR count). The number of nitrogens with one attached hydrogen (secondary N) is 2. The molecule has 0 radical (unpaired) electrons. The van der Waals surface area contributed by atoms with Gasteiger partial charge < -0.3 is 20.3 Å². The third-order valence-electron chi connectivity index (χ3n) is 6.48. The first-order valence-electron chi connectivity index (χ1n) is 10.8. The number of fused-ring (bicyclic) bond motifs is 1. The number of carbonyl (C=O) groups is 2. The van der Waals surface area contributed by atoms with Gasteiger partial charge in [-0.2, -0.15) is 0 Å². The van der Waals surface area contributed by atoms with E-state index >= 15 is 0 Å². The maximum Gasteiger partial charge on any atom is 0.339 e. The quantitative estimate of drug-likeness (QED) is 0.738. The van der Waals surface area contributed by atoms with Crippen molar-refractivity contribution in [3.05, 3.63) is 64.7 Å². The first-order chi connectivity index (χ1) is 14.8. The van der Waals surface area contributed by atoms with Gasteiger partial charge in [-0.15, -0.1) is 0 Å². The fourth-order valence-electron chi connectivity index (χ4n) is 4.85. The van der Waals surface area contributed by atoms with E-state index in [9.17, 15) is 9.59 Å². The Bertz CT molecular complexity index is 1000. The molecule has 6 nitrogen and oxygen atoms in total. The van der Waals surface area contributed by atoms with Crippen LogP contribution in [0.5, 0.6) is 0 Å². The smallest absolute Gasteiger partial charge is 0.339 e. The molecule has 1 saturated heterocycles. The molecule has 2 aliphatic heterocycles. The van der Waals surface area contributed by atoms with E-state index in [0.29, 0.717) is 11.1 Å². The van der Waals surface area contributed by atoms with Crippen LogP contribution in [0.2, 0.25) is 0 Å². The zero-order valence-corrected chi connectivity index (χ0v) is 18.7. The van der Waals surface area contributed by atoms with Crippen LogP contribution in [0.1, 0.15) is 58.2 Å². The SMILES string of the molecule is COC(=O)c1cccc2c1NC(c1cccc(C(=O)NC3CCN(C)C3)c1)C(C)(C)C2. The molecule has 0 aromatic heterocycles. The van der Waals surface area contributed by atoms with Crippen molar-refractivity contribution >= 4 is 17.6 Å². The fourth-order valence-corrected chi connectivity index (χ4v) is 4.85. The van der Waals surface area contributed by atoms with Gasteiger partial charge in [-0.3, -0.25) is 4.79 Å². The lowest BCUT2D eigenvalue weighted by molar-refractivity contribution is 0.0601. The van der Waals surface area contributed by atoms with Crippen LogP contribution in [0.4, 0.5) is 5.69 Å². The molecule has 2 heterocycles. The molecule has 2 N–H and O–H groups in total. The molecule has 2 aromatic rings. The number of rotatable bonds is 4. The topological polar surface area (TPSA) is 70.7 Å². The van der Waals surface area contributed by atoms with Crippen molar-refractivity contribution in [2.45, 2.75) is 38.8 Å². The predicted molar refractivity (Wildman–Crippen MR) is 121 cm³/mol. The van der Waals surface area contributed by atoms with Crippen LogP contribution in [0.15, 0.2) is 42.5 Å². The molecule has 6 heteroatoms. The predicted octanol–water partition coefficient (Wildman–Crippen LogP) is 3.64. The third kappa shape index (κ3) is 4.30. The van der Waals surface area contributed by atoms with Gasteiger partial charge >= 0.3 is 5.97 Å². The highest BCUT2D eigenvalue weighted by Crippen LogP contribution is 2.46. The summed E-state index contributed by atoms with van der Waals surface area (Å²) in [5.74, 6) is -0.385. The van der Waals surface area contributed by atoms with Crippen molar-refractivity contribution in [3.63, 3.8) is 0 Å². The third-order valence-corrected chi connectivity index (χ3v) is 6.48. The number of carbonyl (C=O) groups excluding carboxylic acids is 2. The van der Waals surface area contributed by atoms with Crippen molar-refractivity contribution in [1.29, 1.82) is 0 Å². The molecular weight excluding hydrogens is 390 g/mol. The molecule has 1 amide bonds. The second-order valence-electron chi connectivity index (χ2n) is 9.42. The molecule has 0 aliphatic carbocycles. The standard InChI is InChI=1S/C25H31N3O3/c1-25(2)14-18-9-6-10-20(24(30)31-4)21(18)27-22(25)16-7-5-8-17(13-16)23(29)26-19-11-12-28(3)15-19/h5-10,13,19,22,27H,11-12,14-15H2,1-4H3,(H,26,29). The zero-order valence-electron chi connectivity index (χ0n) is 18.7. The summed E-state index contributed by atoms with van der Waals surface area (Å²) in [6.07, 6.45) is 1.79. The van der Waals surface area contributed by atoms with E-state index in [0.717, 1.165) is 42.7 Å². The normalized spacial score (nSPS) is 22.3. The Morgan fingerprint density at radius 2 is 1.97 bits per heavy atom. The van der Waals surface area contributed by atoms with Crippen molar-refractivity contribution in [2.24, 2.45) is 5.41 Å². The molecule has 1 fully saturated rings. The van der Waals surface area contributed by atoms with E-state index in [1.54, 1.807) is 6.07 Å². The minimum atomic E-state index is -0.350.